The van der Waals surface area contributed by atoms with Gasteiger partial charge in [-0.15, -0.1) is 23.7 Å². The van der Waals surface area contributed by atoms with Gasteiger partial charge in [0.05, 0.1) is 23.1 Å². The Morgan fingerprint density at radius 2 is 2.13 bits per heavy atom. The van der Waals surface area contributed by atoms with Gasteiger partial charge in [-0.1, -0.05) is 17.7 Å². The number of rotatable bonds is 6. The van der Waals surface area contributed by atoms with Crippen LogP contribution in [0.5, 0.6) is 5.75 Å². The van der Waals surface area contributed by atoms with Crippen molar-refractivity contribution in [3.63, 3.8) is 0 Å². The molecule has 0 saturated heterocycles. The fraction of sp³-hybridized carbons (Fsp3) is 0.312. The summed E-state index contributed by atoms with van der Waals surface area (Å²) in [5.74, 6) is 1.70. The number of halogens is 2. The molecular weight excluding hydrogens is 355 g/mol. The minimum atomic E-state index is 0. The van der Waals surface area contributed by atoms with Crippen LogP contribution in [-0.2, 0) is 4.74 Å². The minimum absolute atomic E-state index is 0. The molecule has 0 radical (unpaired) electrons. The molecule has 1 aliphatic heterocycles. The van der Waals surface area contributed by atoms with Gasteiger partial charge in [0, 0.05) is 18.5 Å². The van der Waals surface area contributed by atoms with E-state index in [1.54, 1.807) is 18.4 Å². The van der Waals surface area contributed by atoms with Gasteiger partial charge in [0.25, 0.3) is 0 Å². The summed E-state index contributed by atoms with van der Waals surface area (Å²) >= 11 is 7.58. The van der Waals surface area contributed by atoms with E-state index in [4.69, 9.17) is 21.1 Å². The first-order chi connectivity index (χ1) is 10.8. The highest BCUT2D eigenvalue weighted by atomic mass is 35.5. The summed E-state index contributed by atoms with van der Waals surface area (Å²) in [4.78, 5) is 5.60. The number of hydrogen-bond donors (Lipinski definition) is 1. The molecule has 2 aromatic rings. The highest BCUT2D eigenvalue weighted by molar-refractivity contribution is 7.19. The lowest BCUT2D eigenvalue weighted by Gasteiger charge is -2.13. The van der Waals surface area contributed by atoms with Crippen molar-refractivity contribution < 1.29 is 9.47 Å². The zero-order valence-corrected chi connectivity index (χ0v) is 15.1. The van der Waals surface area contributed by atoms with Crippen LogP contribution in [0.1, 0.15) is 5.56 Å². The first-order valence-electron chi connectivity index (χ1n) is 7.08. The molecule has 0 saturated carbocycles. The number of hydrogen-bond acceptors (Lipinski definition) is 5. The normalized spacial score (nSPS) is 13.2. The maximum atomic E-state index is 6.03. The number of amidine groups is 1. The summed E-state index contributed by atoms with van der Waals surface area (Å²) in [6.07, 6.45) is 0. The average molecular weight is 373 g/mol. The molecule has 3 rings (SSSR count). The van der Waals surface area contributed by atoms with E-state index < -0.39 is 0 Å². The van der Waals surface area contributed by atoms with Crippen molar-refractivity contribution in [3.05, 3.63) is 40.2 Å². The molecule has 0 amide bonds. The van der Waals surface area contributed by atoms with Crippen molar-refractivity contribution in [1.29, 1.82) is 0 Å². The minimum Gasteiger partial charge on any atom is -0.490 e. The van der Waals surface area contributed by atoms with E-state index in [2.05, 4.69) is 16.4 Å². The van der Waals surface area contributed by atoms with Crippen molar-refractivity contribution >= 4 is 41.2 Å². The van der Waals surface area contributed by atoms with Crippen LogP contribution in [0.3, 0.4) is 0 Å². The van der Waals surface area contributed by atoms with Gasteiger partial charge in [0.15, 0.2) is 0 Å². The summed E-state index contributed by atoms with van der Waals surface area (Å²) in [6.45, 7) is 2.73. The second-order valence-corrected chi connectivity index (χ2v) is 6.53. The fourth-order valence-electron chi connectivity index (χ4n) is 2.27. The first kappa shape index (κ1) is 18.1. The van der Waals surface area contributed by atoms with Crippen molar-refractivity contribution in [1.82, 2.24) is 5.32 Å². The molecule has 7 heteroatoms. The standard InChI is InChI=1S/C16H17ClN2O2S.ClH/c1-20-8-9-21-13-10-11(14-4-5-15(17)22-14)2-3-12(13)16-18-6-7-19-16;/h2-5,10H,6-9H2,1H3,(H,18,19);1H. The van der Waals surface area contributed by atoms with Crippen LogP contribution in [0.15, 0.2) is 35.3 Å². The largest absolute Gasteiger partial charge is 0.490 e. The monoisotopic (exact) mass is 372 g/mol. The number of methoxy groups -OCH3 is 1. The van der Waals surface area contributed by atoms with Gasteiger partial charge in [-0.05, 0) is 29.8 Å². The van der Waals surface area contributed by atoms with Gasteiger partial charge in [0.2, 0.25) is 0 Å². The Morgan fingerprint density at radius 3 is 2.78 bits per heavy atom. The Hall–Kier alpha value is -1.27. The third kappa shape index (κ3) is 4.38. The maximum absolute atomic E-state index is 6.03. The molecule has 4 nitrogen and oxygen atoms in total. The van der Waals surface area contributed by atoms with E-state index in [-0.39, 0.29) is 12.4 Å². The Morgan fingerprint density at radius 1 is 1.26 bits per heavy atom. The SMILES string of the molecule is COCCOc1cc(-c2ccc(Cl)s2)ccc1C1=NCCN1.Cl. The summed E-state index contributed by atoms with van der Waals surface area (Å²) in [5, 5.41) is 3.29. The molecule has 23 heavy (non-hydrogen) atoms. The van der Waals surface area contributed by atoms with E-state index in [1.165, 1.54) is 0 Å². The van der Waals surface area contributed by atoms with E-state index in [0.717, 1.165) is 45.0 Å². The van der Waals surface area contributed by atoms with E-state index in [0.29, 0.717) is 13.2 Å². The van der Waals surface area contributed by atoms with Crippen molar-refractivity contribution in [2.24, 2.45) is 4.99 Å². The van der Waals surface area contributed by atoms with E-state index >= 15 is 0 Å². The van der Waals surface area contributed by atoms with Crippen LogP contribution < -0.4 is 10.1 Å². The zero-order valence-electron chi connectivity index (χ0n) is 12.7. The van der Waals surface area contributed by atoms with Crippen molar-refractivity contribution in [2.75, 3.05) is 33.4 Å². The number of thiophene rings is 1. The van der Waals surface area contributed by atoms with Gasteiger partial charge >= 0.3 is 0 Å². The van der Waals surface area contributed by atoms with E-state index in [9.17, 15) is 0 Å². The van der Waals surface area contributed by atoms with Crippen molar-refractivity contribution in [3.8, 4) is 16.2 Å². The van der Waals surface area contributed by atoms with Gasteiger partial charge in [-0.2, -0.15) is 0 Å². The van der Waals surface area contributed by atoms with Crippen molar-refractivity contribution in [2.45, 2.75) is 0 Å². The predicted molar refractivity (Wildman–Crippen MR) is 98.8 cm³/mol. The van der Waals surface area contributed by atoms with Crippen LogP contribution >= 0.6 is 35.3 Å². The summed E-state index contributed by atoms with van der Waals surface area (Å²) < 4.78 is 11.7. The number of ether oxygens (including phenoxy) is 2. The number of benzene rings is 1. The zero-order chi connectivity index (χ0) is 15.4. The second kappa shape index (κ2) is 8.55. The van der Waals surface area contributed by atoms with Gasteiger partial charge in [0.1, 0.15) is 18.2 Å². The maximum Gasteiger partial charge on any atom is 0.132 e. The van der Waals surface area contributed by atoms with Gasteiger partial charge in [-0.3, -0.25) is 4.99 Å². The molecule has 0 aliphatic carbocycles. The molecule has 1 N–H and O–H groups in total. The highest BCUT2D eigenvalue weighted by Gasteiger charge is 2.15. The lowest BCUT2D eigenvalue weighted by Crippen LogP contribution is -2.20. The molecule has 0 atom stereocenters. The van der Waals surface area contributed by atoms with E-state index in [1.807, 2.05) is 24.3 Å². The Labute approximate surface area is 150 Å². The molecule has 2 heterocycles. The Balaban J connectivity index is 0.00000192. The third-order valence-corrected chi connectivity index (χ3v) is 4.59. The van der Waals surface area contributed by atoms with Crippen LogP contribution in [-0.4, -0.2) is 39.2 Å². The van der Waals surface area contributed by atoms with Gasteiger partial charge < -0.3 is 14.8 Å². The van der Waals surface area contributed by atoms with Crippen LogP contribution in [0.25, 0.3) is 10.4 Å². The molecule has 0 fully saturated rings. The summed E-state index contributed by atoms with van der Waals surface area (Å²) in [7, 11) is 1.66. The quantitative estimate of drug-likeness (QED) is 0.782. The van der Waals surface area contributed by atoms with Gasteiger partial charge in [-0.25, -0.2) is 0 Å². The molecular formula is C16H18Cl2N2O2S. The molecule has 1 aromatic heterocycles. The Bertz CT molecular complexity index is 688. The summed E-state index contributed by atoms with van der Waals surface area (Å²) in [6, 6.07) is 10.1. The third-order valence-electron chi connectivity index (χ3n) is 3.31. The first-order valence-corrected chi connectivity index (χ1v) is 8.27. The topological polar surface area (TPSA) is 42.9 Å². The molecule has 124 valence electrons. The predicted octanol–water partition coefficient (Wildman–Crippen LogP) is 3.87. The molecule has 0 bridgehead atoms. The number of aliphatic imine (C=N–C) groups is 1. The fourth-order valence-corrected chi connectivity index (χ4v) is 3.31. The molecule has 1 aromatic carbocycles. The molecule has 0 spiro atoms. The smallest absolute Gasteiger partial charge is 0.132 e. The molecule has 1 aliphatic rings. The number of nitrogens with zero attached hydrogens (tertiary/aromatic N) is 1. The molecule has 0 unspecified atom stereocenters. The lowest BCUT2D eigenvalue weighted by molar-refractivity contribution is 0.146. The Kier molecular flexibility index (Phi) is 6.72. The van der Waals surface area contributed by atoms with Crippen LogP contribution in [0, 0.1) is 0 Å². The van der Waals surface area contributed by atoms with Crippen LogP contribution in [0.4, 0.5) is 0 Å². The lowest BCUT2D eigenvalue weighted by atomic mass is 10.1. The number of nitrogens with one attached hydrogen (secondary N) is 1. The second-order valence-electron chi connectivity index (χ2n) is 4.81. The van der Waals surface area contributed by atoms with Crippen LogP contribution in [0.2, 0.25) is 4.34 Å². The highest BCUT2D eigenvalue weighted by Crippen LogP contribution is 2.34. The summed E-state index contributed by atoms with van der Waals surface area (Å²) in [5.41, 5.74) is 2.08. The average Bonchev–Trinajstić information content (AvgIpc) is 3.19.